The molecule has 3 heterocycles. The van der Waals surface area contributed by atoms with Crippen LogP contribution in [0.1, 0.15) is 30.3 Å². The molecule has 4 rings (SSSR count). The number of benzene rings is 1. The van der Waals surface area contributed by atoms with E-state index in [0.29, 0.717) is 23.8 Å². The summed E-state index contributed by atoms with van der Waals surface area (Å²) in [5.74, 6) is 0.525. The molecule has 0 bridgehead atoms. The molecule has 5 heteroatoms. The molecule has 3 atom stereocenters. The number of rotatable bonds is 1. The van der Waals surface area contributed by atoms with E-state index in [0.717, 1.165) is 36.8 Å². The summed E-state index contributed by atoms with van der Waals surface area (Å²) in [4.78, 5) is 14.9. The lowest BCUT2D eigenvalue weighted by Crippen LogP contribution is -2.44. The fourth-order valence-corrected chi connectivity index (χ4v) is 3.90. The predicted molar refractivity (Wildman–Crippen MR) is 83.7 cm³/mol. The normalized spacial score (nSPS) is 28.1. The molecule has 116 valence electrons. The molecule has 0 saturated carbocycles. The monoisotopic (exact) mass is 299 g/mol. The average Bonchev–Trinajstić information content (AvgIpc) is 3.06. The van der Waals surface area contributed by atoms with E-state index in [4.69, 9.17) is 4.74 Å². The number of hydrogen-bond acceptors (Lipinski definition) is 3. The van der Waals surface area contributed by atoms with E-state index in [1.807, 2.05) is 36.2 Å². The molecule has 2 fully saturated rings. The van der Waals surface area contributed by atoms with Gasteiger partial charge in [-0.3, -0.25) is 9.48 Å². The topological polar surface area (TPSA) is 47.4 Å². The third kappa shape index (κ3) is 2.11. The molecule has 5 nitrogen and oxygen atoms in total. The Labute approximate surface area is 129 Å². The second kappa shape index (κ2) is 5.09. The molecule has 0 N–H and O–H groups in total. The van der Waals surface area contributed by atoms with Crippen LogP contribution in [0.25, 0.3) is 10.9 Å². The molecular weight excluding hydrogens is 278 g/mol. The fourth-order valence-electron chi connectivity index (χ4n) is 3.90. The zero-order chi connectivity index (χ0) is 15.3. The zero-order valence-corrected chi connectivity index (χ0v) is 13.0. The zero-order valence-electron chi connectivity index (χ0n) is 13.0. The fraction of sp³-hybridized carbons (Fsp3) is 0.529. The summed E-state index contributed by atoms with van der Waals surface area (Å²) in [6, 6.07) is 7.90. The van der Waals surface area contributed by atoms with Gasteiger partial charge in [-0.05, 0) is 25.8 Å². The van der Waals surface area contributed by atoms with Crippen molar-refractivity contribution in [2.75, 3.05) is 13.1 Å². The molecule has 2 aliphatic rings. The summed E-state index contributed by atoms with van der Waals surface area (Å²) >= 11 is 0. The number of aryl methyl sites for hydroxylation is 1. The van der Waals surface area contributed by atoms with Gasteiger partial charge in [-0.25, -0.2) is 0 Å². The summed E-state index contributed by atoms with van der Waals surface area (Å²) in [6.45, 7) is 3.67. The van der Waals surface area contributed by atoms with Crippen LogP contribution in [0.5, 0.6) is 0 Å². The van der Waals surface area contributed by atoms with Crippen molar-refractivity contribution in [1.82, 2.24) is 14.7 Å². The highest BCUT2D eigenvalue weighted by Crippen LogP contribution is 2.33. The van der Waals surface area contributed by atoms with Gasteiger partial charge >= 0.3 is 0 Å². The van der Waals surface area contributed by atoms with E-state index in [9.17, 15) is 4.79 Å². The van der Waals surface area contributed by atoms with Crippen molar-refractivity contribution in [2.45, 2.75) is 32.0 Å². The number of carbonyl (C=O) groups is 1. The number of likely N-dealkylation sites (tertiary alicyclic amines) is 1. The van der Waals surface area contributed by atoms with Crippen LogP contribution in [-0.2, 0) is 11.8 Å². The van der Waals surface area contributed by atoms with Crippen molar-refractivity contribution in [1.29, 1.82) is 0 Å². The number of nitrogens with zero attached hydrogens (tertiary/aromatic N) is 3. The van der Waals surface area contributed by atoms with Gasteiger partial charge in [-0.15, -0.1) is 0 Å². The minimum atomic E-state index is 0.0507. The molecule has 2 aliphatic heterocycles. The summed E-state index contributed by atoms with van der Waals surface area (Å²) in [5.41, 5.74) is 1.57. The van der Waals surface area contributed by atoms with Crippen LogP contribution in [0.2, 0.25) is 0 Å². The number of hydrogen-bond donors (Lipinski definition) is 0. The molecule has 1 amide bonds. The molecule has 1 aromatic carbocycles. The van der Waals surface area contributed by atoms with Crippen molar-refractivity contribution in [3.8, 4) is 0 Å². The highest BCUT2D eigenvalue weighted by atomic mass is 16.5. The van der Waals surface area contributed by atoms with Crippen molar-refractivity contribution >= 4 is 16.8 Å². The van der Waals surface area contributed by atoms with Crippen molar-refractivity contribution < 1.29 is 9.53 Å². The first-order chi connectivity index (χ1) is 10.6. The van der Waals surface area contributed by atoms with Crippen LogP contribution < -0.4 is 0 Å². The average molecular weight is 299 g/mol. The van der Waals surface area contributed by atoms with Gasteiger partial charge in [0.25, 0.3) is 5.91 Å². The minimum absolute atomic E-state index is 0.0507. The second-order valence-corrected chi connectivity index (χ2v) is 6.51. The van der Waals surface area contributed by atoms with Crippen LogP contribution in [0.3, 0.4) is 0 Å². The van der Waals surface area contributed by atoms with Gasteiger partial charge in [0.05, 0.1) is 17.7 Å². The van der Waals surface area contributed by atoms with E-state index in [2.05, 4.69) is 12.0 Å². The van der Waals surface area contributed by atoms with Gasteiger partial charge in [-0.2, -0.15) is 5.10 Å². The minimum Gasteiger partial charge on any atom is -0.375 e. The van der Waals surface area contributed by atoms with Crippen LogP contribution >= 0.6 is 0 Å². The molecule has 2 aromatic rings. The first kappa shape index (κ1) is 13.8. The Kier molecular flexibility index (Phi) is 3.18. The Bertz CT molecular complexity index is 724. The second-order valence-electron chi connectivity index (χ2n) is 6.51. The Balaban J connectivity index is 1.61. The van der Waals surface area contributed by atoms with Gasteiger partial charge in [0.15, 0.2) is 5.69 Å². The molecule has 1 aromatic heterocycles. The maximum absolute atomic E-state index is 12.9. The highest BCUT2D eigenvalue weighted by molar-refractivity contribution is 6.04. The van der Waals surface area contributed by atoms with Crippen molar-refractivity contribution in [2.24, 2.45) is 13.0 Å². The van der Waals surface area contributed by atoms with E-state index in [1.54, 1.807) is 4.68 Å². The Morgan fingerprint density at radius 2 is 2.18 bits per heavy atom. The van der Waals surface area contributed by atoms with Gasteiger partial charge in [0.2, 0.25) is 0 Å². The van der Waals surface area contributed by atoms with E-state index in [-0.39, 0.29) is 5.91 Å². The van der Waals surface area contributed by atoms with Gasteiger partial charge in [0.1, 0.15) is 0 Å². The third-order valence-corrected chi connectivity index (χ3v) is 4.95. The number of para-hydroxylation sites is 1. The Morgan fingerprint density at radius 3 is 3.05 bits per heavy atom. The lowest BCUT2D eigenvalue weighted by molar-refractivity contribution is 0.00853. The maximum Gasteiger partial charge on any atom is 0.275 e. The summed E-state index contributed by atoms with van der Waals surface area (Å²) in [7, 11) is 1.89. The summed E-state index contributed by atoms with van der Waals surface area (Å²) < 4.78 is 7.70. The predicted octanol–water partition coefficient (Wildman–Crippen LogP) is 2.21. The van der Waals surface area contributed by atoms with Crippen LogP contribution in [0.4, 0.5) is 0 Å². The number of ether oxygens (including phenoxy) is 1. The molecule has 2 saturated heterocycles. The molecular formula is C17H21N3O2. The molecule has 22 heavy (non-hydrogen) atoms. The highest BCUT2D eigenvalue weighted by Gasteiger charge is 2.39. The van der Waals surface area contributed by atoms with Gasteiger partial charge in [0, 0.05) is 31.4 Å². The van der Waals surface area contributed by atoms with Crippen LogP contribution in [-0.4, -0.2) is 45.9 Å². The SMILES string of the molecule is C[C@H]1C[C@H]2CN(C(=O)c3nn(C)c4ccccc34)CC[C@H]2O1. The number of carbonyl (C=O) groups excluding carboxylic acids is 1. The van der Waals surface area contributed by atoms with E-state index >= 15 is 0 Å². The lowest BCUT2D eigenvalue weighted by Gasteiger charge is -2.33. The van der Waals surface area contributed by atoms with Crippen LogP contribution in [0.15, 0.2) is 24.3 Å². The van der Waals surface area contributed by atoms with Crippen molar-refractivity contribution in [3.63, 3.8) is 0 Å². The Hall–Kier alpha value is -1.88. The molecule has 0 spiro atoms. The molecule has 0 aliphatic carbocycles. The molecule has 0 unspecified atom stereocenters. The first-order valence-electron chi connectivity index (χ1n) is 8.00. The smallest absolute Gasteiger partial charge is 0.275 e. The van der Waals surface area contributed by atoms with Gasteiger partial charge in [-0.1, -0.05) is 18.2 Å². The lowest BCUT2D eigenvalue weighted by atomic mass is 9.93. The number of piperidine rings is 1. The number of amides is 1. The number of fused-ring (bicyclic) bond motifs is 2. The standard InChI is InChI=1S/C17H21N3O2/c1-11-9-12-10-20(8-7-15(12)22-11)17(21)16-13-5-3-4-6-14(13)19(2)18-16/h3-6,11-12,15H,7-10H2,1-2H3/t11-,12-,15+/m0/s1. The first-order valence-corrected chi connectivity index (χ1v) is 8.00. The number of aromatic nitrogens is 2. The largest absolute Gasteiger partial charge is 0.375 e. The third-order valence-electron chi connectivity index (χ3n) is 4.95. The van der Waals surface area contributed by atoms with Gasteiger partial charge < -0.3 is 9.64 Å². The van der Waals surface area contributed by atoms with E-state index in [1.165, 1.54) is 0 Å². The molecule has 0 radical (unpaired) electrons. The quantitative estimate of drug-likeness (QED) is 0.811. The van der Waals surface area contributed by atoms with Crippen molar-refractivity contribution in [3.05, 3.63) is 30.0 Å². The summed E-state index contributed by atoms with van der Waals surface area (Å²) in [6.07, 6.45) is 2.64. The maximum atomic E-state index is 12.9. The van der Waals surface area contributed by atoms with Crippen LogP contribution in [0, 0.1) is 5.92 Å². The summed E-state index contributed by atoms with van der Waals surface area (Å²) in [5, 5.41) is 5.40. The van der Waals surface area contributed by atoms with E-state index < -0.39 is 0 Å². The Morgan fingerprint density at radius 1 is 1.36 bits per heavy atom.